The van der Waals surface area contributed by atoms with Crippen molar-refractivity contribution >= 4 is 6.09 Å². The highest BCUT2D eigenvalue weighted by atomic mass is 16.6. The van der Waals surface area contributed by atoms with Gasteiger partial charge in [0.2, 0.25) is 0 Å². The maximum Gasteiger partial charge on any atom is 0.410 e. The van der Waals surface area contributed by atoms with Crippen LogP contribution in [0.2, 0.25) is 0 Å². The molecule has 0 bridgehead atoms. The Kier molecular flexibility index (Phi) is 4.38. The van der Waals surface area contributed by atoms with Gasteiger partial charge in [-0.3, -0.25) is 0 Å². The molecule has 5 heteroatoms. The fourth-order valence-electron chi connectivity index (χ4n) is 2.40. The molecule has 1 aromatic heterocycles. The van der Waals surface area contributed by atoms with E-state index in [1.165, 1.54) is 0 Å². The number of aliphatic hydroxyl groups is 1. The molecule has 5 nitrogen and oxygen atoms in total. The van der Waals surface area contributed by atoms with Crippen molar-refractivity contribution in [3.05, 3.63) is 24.2 Å². The minimum absolute atomic E-state index is 0.0116. The van der Waals surface area contributed by atoms with Crippen LogP contribution in [0.25, 0.3) is 0 Å². The first kappa shape index (κ1) is 14.9. The lowest BCUT2D eigenvalue weighted by atomic mass is 9.91. The predicted octanol–water partition coefficient (Wildman–Crippen LogP) is 2.44. The SMILES string of the molecule is CC(C)(C)OC(=O)N1CCC(O)C(Cc2ccco2)C1. The van der Waals surface area contributed by atoms with E-state index in [0.717, 1.165) is 5.76 Å². The number of ether oxygens (including phenoxy) is 1. The summed E-state index contributed by atoms with van der Waals surface area (Å²) >= 11 is 0. The van der Waals surface area contributed by atoms with Gasteiger partial charge in [-0.2, -0.15) is 0 Å². The summed E-state index contributed by atoms with van der Waals surface area (Å²) in [6, 6.07) is 3.72. The third kappa shape index (κ3) is 4.00. The summed E-state index contributed by atoms with van der Waals surface area (Å²) in [7, 11) is 0. The molecule has 1 saturated heterocycles. The fraction of sp³-hybridized carbons (Fsp3) is 0.667. The Morgan fingerprint density at radius 1 is 1.55 bits per heavy atom. The number of nitrogens with zero attached hydrogens (tertiary/aromatic N) is 1. The van der Waals surface area contributed by atoms with Gasteiger partial charge >= 0.3 is 6.09 Å². The molecule has 2 heterocycles. The van der Waals surface area contributed by atoms with Crippen molar-refractivity contribution < 1.29 is 19.1 Å². The average Bonchev–Trinajstić information content (AvgIpc) is 2.82. The largest absolute Gasteiger partial charge is 0.469 e. The van der Waals surface area contributed by atoms with Crippen LogP contribution in [0.3, 0.4) is 0 Å². The zero-order chi connectivity index (χ0) is 14.8. The van der Waals surface area contributed by atoms with Crippen molar-refractivity contribution in [3.63, 3.8) is 0 Å². The number of furan rings is 1. The van der Waals surface area contributed by atoms with Crippen LogP contribution in [-0.2, 0) is 11.2 Å². The summed E-state index contributed by atoms with van der Waals surface area (Å²) in [6.45, 7) is 6.58. The number of aliphatic hydroxyl groups excluding tert-OH is 1. The molecule has 0 spiro atoms. The van der Waals surface area contributed by atoms with E-state index < -0.39 is 11.7 Å². The first-order valence-electron chi connectivity index (χ1n) is 7.03. The highest BCUT2D eigenvalue weighted by Gasteiger charge is 2.32. The Bertz CT molecular complexity index is 435. The predicted molar refractivity (Wildman–Crippen MR) is 74.3 cm³/mol. The molecule has 0 aromatic carbocycles. The van der Waals surface area contributed by atoms with E-state index in [1.807, 2.05) is 32.9 Å². The van der Waals surface area contributed by atoms with Gasteiger partial charge in [-0.1, -0.05) is 0 Å². The van der Waals surface area contributed by atoms with E-state index in [-0.39, 0.29) is 12.0 Å². The maximum atomic E-state index is 12.1. The smallest absolute Gasteiger partial charge is 0.410 e. The van der Waals surface area contributed by atoms with E-state index in [0.29, 0.717) is 25.9 Å². The van der Waals surface area contributed by atoms with Gasteiger partial charge in [0.15, 0.2) is 0 Å². The molecule has 0 saturated carbocycles. The molecule has 0 aliphatic carbocycles. The summed E-state index contributed by atoms with van der Waals surface area (Å²) in [5.74, 6) is 0.822. The number of amides is 1. The van der Waals surface area contributed by atoms with Gasteiger partial charge in [0.05, 0.1) is 12.4 Å². The summed E-state index contributed by atoms with van der Waals surface area (Å²) < 4.78 is 10.7. The van der Waals surface area contributed by atoms with Crippen LogP contribution >= 0.6 is 0 Å². The second kappa shape index (κ2) is 5.87. The quantitative estimate of drug-likeness (QED) is 0.904. The lowest BCUT2D eigenvalue weighted by Gasteiger charge is -2.36. The van der Waals surface area contributed by atoms with Gasteiger partial charge in [0.1, 0.15) is 11.4 Å². The average molecular weight is 281 g/mol. The number of hydrogen-bond acceptors (Lipinski definition) is 4. The standard InChI is InChI=1S/C15H23NO4/c1-15(2,3)20-14(18)16-7-6-13(17)11(10-16)9-12-5-4-8-19-12/h4-5,8,11,13,17H,6-7,9-10H2,1-3H3. The first-order valence-corrected chi connectivity index (χ1v) is 7.03. The Balaban J connectivity index is 1.95. The van der Waals surface area contributed by atoms with E-state index >= 15 is 0 Å². The number of piperidine rings is 1. The molecule has 1 aromatic rings. The monoisotopic (exact) mass is 281 g/mol. The minimum atomic E-state index is -0.496. The van der Waals surface area contributed by atoms with E-state index in [4.69, 9.17) is 9.15 Å². The van der Waals surface area contributed by atoms with E-state index in [1.54, 1.807) is 11.2 Å². The molecule has 1 N–H and O–H groups in total. The second-order valence-corrected chi connectivity index (χ2v) is 6.33. The number of carbonyl (C=O) groups is 1. The Hall–Kier alpha value is -1.49. The Morgan fingerprint density at radius 2 is 2.30 bits per heavy atom. The van der Waals surface area contributed by atoms with Gasteiger partial charge in [0, 0.05) is 25.4 Å². The lowest BCUT2D eigenvalue weighted by molar-refractivity contribution is -0.00912. The second-order valence-electron chi connectivity index (χ2n) is 6.33. The van der Waals surface area contributed by atoms with Gasteiger partial charge in [0.25, 0.3) is 0 Å². The Morgan fingerprint density at radius 3 is 2.90 bits per heavy atom. The van der Waals surface area contributed by atoms with Gasteiger partial charge in [-0.15, -0.1) is 0 Å². The van der Waals surface area contributed by atoms with Crippen LogP contribution in [0, 0.1) is 5.92 Å². The molecule has 1 aliphatic heterocycles. The zero-order valence-corrected chi connectivity index (χ0v) is 12.3. The van der Waals surface area contributed by atoms with Crippen LogP contribution in [0.1, 0.15) is 33.0 Å². The fourth-order valence-corrected chi connectivity index (χ4v) is 2.40. The van der Waals surface area contributed by atoms with Crippen molar-refractivity contribution in [3.8, 4) is 0 Å². The molecule has 0 radical (unpaired) electrons. The summed E-state index contributed by atoms with van der Waals surface area (Å²) in [4.78, 5) is 13.7. The molecule has 1 fully saturated rings. The number of likely N-dealkylation sites (tertiary alicyclic amines) is 1. The zero-order valence-electron chi connectivity index (χ0n) is 12.3. The van der Waals surface area contributed by atoms with Gasteiger partial charge < -0.3 is 19.2 Å². The van der Waals surface area contributed by atoms with Gasteiger partial charge in [-0.25, -0.2) is 4.79 Å². The van der Waals surface area contributed by atoms with Crippen LogP contribution < -0.4 is 0 Å². The summed E-state index contributed by atoms with van der Waals surface area (Å²) in [6.07, 6.45) is 2.11. The normalized spacial score (nSPS) is 23.7. The Labute approximate surface area is 119 Å². The highest BCUT2D eigenvalue weighted by molar-refractivity contribution is 5.68. The molecule has 2 rings (SSSR count). The van der Waals surface area contributed by atoms with E-state index in [9.17, 15) is 9.90 Å². The molecule has 1 aliphatic rings. The third-order valence-corrected chi connectivity index (χ3v) is 3.39. The molecule has 1 amide bonds. The van der Waals surface area contributed by atoms with Crippen LogP contribution in [0.4, 0.5) is 4.79 Å². The molecule has 2 atom stereocenters. The maximum absolute atomic E-state index is 12.1. The molecular weight excluding hydrogens is 258 g/mol. The molecule has 20 heavy (non-hydrogen) atoms. The van der Waals surface area contributed by atoms with Crippen molar-refractivity contribution in [1.82, 2.24) is 4.90 Å². The van der Waals surface area contributed by atoms with Crippen LogP contribution in [0.5, 0.6) is 0 Å². The molecule has 2 unspecified atom stereocenters. The topological polar surface area (TPSA) is 62.9 Å². The lowest BCUT2D eigenvalue weighted by Crippen LogP contribution is -2.48. The van der Waals surface area contributed by atoms with Crippen molar-refractivity contribution in [1.29, 1.82) is 0 Å². The van der Waals surface area contributed by atoms with Gasteiger partial charge in [-0.05, 0) is 39.3 Å². The van der Waals surface area contributed by atoms with E-state index in [2.05, 4.69) is 0 Å². The summed E-state index contributed by atoms with van der Waals surface area (Å²) in [5, 5.41) is 10.1. The first-order chi connectivity index (χ1) is 9.35. The van der Waals surface area contributed by atoms with Crippen LogP contribution in [0.15, 0.2) is 22.8 Å². The molecular formula is C15H23NO4. The summed E-state index contributed by atoms with van der Waals surface area (Å²) in [5.41, 5.74) is -0.496. The minimum Gasteiger partial charge on any atom is -0.469 e. The van der Waals surface area contributed by atoms with Crippen molar-refractivity contribution in [2.24, 2.45) is 5.92 Å². The number of carbonyl (C=O) groups excluding carboxylic acids is 1. The highest BCUT2D eigenvalue weighted by Crippen LogP contribution is 2.23. The number of hydrogen-bond donors (Lipinski definition) is 1. The third-order valence-electron chi connectivity index (χ3n) is 3.39. The molecule has 112 valence electrons. The number of rotatable bonds is 2. The van der Waals surface area contributed by atoms with Crippen molar-refractivity contribution in [2.75, 3.05) is 13.1 Å². The van der Waals surface area contributed by atoms with Crippen LogP contribution in [-0.4, -0.2) is 40.9 Å². The van der Waals surface area contributed by atoms with Crippen molar-refractivity contribution in [2.45, 2.75) is 45.3 Å².